The molecule has 188 valence electrons. The number of carbonyl (C=O) groups is 3. The van der Waals surface area contributed by atoms with Crippen LogP contribution in [-0.4, -0.2) is 40.9 Å². The number of hydrogen-bond acceptors (Lipinski definition) is 6. The molecule has 1 aromatic heterocycles. The summed E-state index contributed by atoms with van der Waals surface area (Å²) >= 11 is 1.26. The number of carbonyl (C=O) groups excluding carboxylic acids is 3. The van der Waals surface area contributed by atoms with Gasteiger partial charge in [0.25, 0.3) is 5.91 Å². The first-order valence-electron chi connectivity index (χ1n) is 11.6. The van der Waals surface area contributed by atoms with Gasteiger partial charge in [-0.15, -0.1) is 11.3 Å². The molecule has 3 aromatic carbocycles. The molecule has 4 rings (SSSR count). The maximum Gasteiger partial charge on any atom is 0.284 e. The molecular weight excluding hydrogens is 488 g/mol. The van der Waals surface area contributed by atoms with Gasteiger partial charge in [0.1, 0.15) is 0 Å². The fourth-order valence-corrected chi connectivity index (χ4v) is 4.66. The highest BCUT2D eigenvalue weighted by molar-refractivity contribution is 7.17. The van der Waals surface area contributed by atoms with Gasteiger partial charge in [-0.3, -0.25) is 24.5 Å². The Morgan fingerprint density at radius 1 is 0.730 bits per heavy atom. The monoisotopic (exact) mass is 514 g/mol. The van der Waals surface area contributed by atoms with Crippen molar-refractivity contribution in [2.75, 3.05) is 23.7 Å². The van der Waals surface area contributed by atoms with Crippen LogP contribution in [0.15, 0.2) is 97.1 Å². The lowest BCUT2D eigenvalue weighted by Crippen LogP contribution is -2.38. The molecule has 0 aliphatic heterocycles. The zero-order valence-corrected chi connectivity index (χ0v) is 20.7. The summed E-state index contributed by atoms with van der Waals surface area (Å²) in [5.74, 6) is -1.02. The highest BCUT2D eigenvalue weighted by atomic mass is 32.1. The van der Waals surface area contributed by atoms with E-state index in [9.17, 15) is 14.4 Å². The number of benzene rings is 3. The Hall–Kier alpha value is -4.31. The highest BCUT2D eigenvalue weighted by Gasteiger charge is 2.17. The minimum absolute atomic E-state index is 0.0150. The third-order valence-electron chi connectivity index (χ3n) is 5.40. The van der Waals surface area contributed by atoms with Gasteiger partial charge in [-0.1, -0.05) is 54.6 Å². The van der Waals surface area contributed by atoms with Crippen LogP contribution >= 0.6 is 11.3 Å². The largest absolute Gasteiger partial charge is 0.325 e. The number of thiophene rings is 1. The summed E-state index contributed by atoms with van der Waals surface area (Å²) in [6.07, 6.45) is 0. The lowest BCUT2D eigenvalue weighted by Gasteiger charge is -2.22. The molecule has 0 atom stereocenters. The number of nitrogens with zero attached hydrogens (tertiary/aromatic N) is 1. The molecule has 0 saturated carbocycles. The average molecular weight is 515 g/mol. The zero-order chi connectivity index (χ0) is 26.0. The van der Waals surface area contributed by atoms with E-state index in [2.05, 4.69) is 10.6 Å². The van der Waals surface area contributed by atoms with Gasteiger partial charge in [-0.2, -0.15) is 0 Å². The van der Waals surface area contributed by atoms with Crippen molar-refractivity contribution < 1.29 is 19.6 Å². The molecule has 4 N–H and O–H groups in total. The standard InChI is InChI=1S/C28H26N4O4S/c33-26(29-22-10-3-1-4-11-22)18-32(19-27(34)30-23-12-5-2-6-13-23)17-20-8-7-9-21(16-20)24-14-15-25(37-24)28(35)31-36/h1-16,36H,17-19H2,(H,29,33)(H,30,34)(H,31,35). The Kier molecular flexibility index (Phi) is 8.77. The summed E-state index contributed by atoms with van der Waals surface area (Å²) in [4.78, 5) is 40.3. The van der Waals surface area contributed by atoms with Crippen molar-refractivity contribution in [2.45, 2.75) is 6.54 Å². The van der Waals surface area contributed by atoms with Crippen molar-refractivity contribution in [3.63, 3.8) is 0 Å². The summed E-state index contributed by atoms with van der Waals surface area (Å²) < 4.78 is 0. The van der Waals surface area contributed by atoms with Crippen molar-refractivity contribution in [1.82, 2.24) is 10.4 Å². The minimum atomic E-state index is -0.563. The number of hydroxylamine groups is 1. The van der Waals surface area contributed by atoms with Gasteiger partial charge >= 0.3 is 0 Å². The Balaban J connectivity index is 1.49. The van der Waals surface area contributed by atoms with Gasteiger partial charge in [0.2, 0.25) is 11.8 Å². The molecule has 8 nitrogen and oxygen atoms in total. The van der Waals surface area contributed by atoms with Crippen LogP contribution in [0.1, 0.15) is 15.2 Å². The molecule has 0 unspecified atom stereocenters. The van der Waals surface area contributed by atoms with E-state index in [1.807, 2.05) is 66.7 Å². The van der Waals surface area contributed by atoms with E-state index in [1.54, 1.807) is 40.7 Å². The van der Waals surface area contributed by atoms with Crippen molar-refractivity contribution >= 4 is 40.4 Å². The van der Waals surface area contributed by atoms with E-state index in [-0.39, 0.29) is 24.9 Å². The van der Waals surface area contributed by atoms with Crippen molar-refractivity contribution in [3.8, 4) is 10.4 Å². The first kappa shape index (κ1) is 25.8. The topological polar surface area (TPSA) is 111 Å². The van der Waals surface area contributed by atoms with E-state index >= 15 is 0 Å². The van der Waals surface area contributed by atoms with E-state index < -0.39 is 5.91 Å². The average Bonchev–Trinajstić information content (AvgIpc) is 3.40. The first-order chi connectivity index (χ1) is 18.0. The number of para-hydroxylation sites is 2. The summed E-state index contributed by atoms with van der Waals surface area (Å²) in [5, 5.41) is 14.6. The molecule has 0 saturated heterocycles. The molecule has 0 aliphatic carbocycles. The Bertz CT molecular complexity index is 1300. The number of hydrogen-bond donors (Lipinski definition) is 4. The van der Waals surface area contributed by atoms with Crippen molar-refractivity contribution in [2.24, 2.45) is 0 Å². The smallest absolute Gasteiger partial charge is 0.284 e. The quantitative estimate of drug-likeness (QED) is 0.182. The predicted molar refractivity (Wildman–Crippen MR) is 144 cm³/mol. The molecule has 0 bridgehead atoms. The normalized spacial score (nSPS) is 10.6. The van der Waals surface area contributed by atoms with Gasteiger partial charge in [0, 0.05) is 22.8 Å². The molecule has 1 heterocycles. The molecule has 0 fully saturated rings. The molecule has 3 amide bonds. The van der Waals surface area contributed by atoms with E-state index in [0.29, 0.717) is 22.8 Å². The Morgan fingerprint density at radius 2 is 1.32 bits per heavy atom. The summed E-state index contributed by atoms with van der Waals surface area (Å²) in [6.45, 7) is 0.385. The van der Waals surface area contributed by atoms with Crippen LogP contribution in [0, 0.1) is 0 Å². The van der Waals surface area contributed by atoms with Gasteiger partial charge in [0.05, 0.1) is 18.0 Å². The van der Waals surface area contributed by atoms with Crippen LogP contribution in [0.4, 0.5) is 11.4 Å². The number of nitrogens with one attached hydrogen (secondary N) is 3. The van der Waals surface area contributed by atoms with Gasteiger partial charge < -0.3 is 10.6 Å². The van der Waals surface area contributed by atoms with E-state index in [1.165, 1.54) is 11.3 Å². The number of amides is 3. The number of rotatable bonds is 10. The third-order valence-corrected chi connectivity index (χ3v) is 6.53. The molecule has 0 aliphatic rings. The fraction of sp³-hybridized carbons (Fsp3) is 0.107. The van der Waals surface area contributed by atoms with Crippen LogP contribution in [0.2, 0.25) is 0 Å². The van der Waals surface area contributed by atoms with E-state index in [0.717, 1.165) is 16.0 Å². The van der Waals surface area contributed by atoms with Gasteiger partial charge in [0.15, 0.2) is 0 Å². The zero-order valence-electron chi connectivity index (χ0n) is 19.9. The predicted octanol–water partition coefficient (Wildman–Crippen LogP) is 4.61. The minimum Gasteiger partial charge on any atom is -0.325 e. The summed E-state index contributed by atoms with van der Waals surface area (Å²) in [5.41, 5.74) is 4.80. The summed E-state index contributed by atoms with van der Waals surface area (Å²) in [7, 11) is 0. The molecule has 37 heavy (non-hydrogen) atoms. The van der Waals surface area contributed by atoms with Gasteiger partial charge in [-0.05, 0) is 53.6 Å². The van der Waals surface area contributed by atoms with Crippen LogP contribution in [-0.2, 0) is 16.1 Å². The summed E-state index contributed by atoms with van der Waals surface area (Å²) in [6, 6.07) is 29.5. The number of anilines is 2. The molecule has 9 heteroatoms. The maximum atomic E-state index is 12.8. The van der Waals surface area contributed by atoms with Crippen LogP contribution in [0.5, 0.6) is 0 Å². The highest BCUT2D eigenvalue weighted by Crippen LogP contribution is 2.29. The second-order valence-electron chi connectivity index (χ2n) is 8.28. The SMILES string of the molecule is O=C(CN(CC(=O)Nc1ccccc1)Cc1cccc(-c2ccc(C(=O)NO)s2)c1)Nc1ccccc1. The molecular formula is C28H26N4O4S. The third kappa shape index (κ3) is 7.58. The van der Waals surface area contributed by atoms with Crippen LogP contribution < -0.4 is 16.1 Å². The second-order valence-corrected chi connectivity index (χ2v) is 9.36. The Labute approximate surface area is 218 Å². The van der Waals surface area contributed by atoms with Crippen LogP contribution in [0.25, 0.3) is 10.4 Å². The second kappa shape index (κ2) is 12.6. The van der Waals surface area contributed by atoms with Gasteiger partial charge in [-0.25, -0.2) is 5.48 Å². The molecule has 0 spiro atoms. The van der Waals surface area contributed by atoms with Crippen molar-refractivity contribution in [1.29, 1.82) is 0 Å². The molecule has 0 radical (unpaired) electrons. The van der Waals surface area contributed by atoms with Crippen molar-refractivity contribution in [3.05, 3.63) is 108 Å². The van der Waals surface area contributed by atoms with E-state index in [4.69, 9.17) is 5.21 Å². The van der Waals surface area contributed by atoms with Crippen LogP contribution in [0.3, 0.4) is 0 Å². The first-order valence-corrected chi connectivity index (χ1v) is 12.4. The molecule has 4 aromatic rings. The maximum absolute atomic E-state index is 12.8. The lowest BCUT2D eigenvalue weighted by atomic mass is 10.1. The fourth-order valence-electron chi connectivity index (χ4n) is 3.77. The lowest BCUT2D eigenvalue weighted by molar-refractivity contribution is -0.120. The Morgan fingerprint density at radius 3 is 1.89 bits per heavy atom.